The zero-order valence-electron chi connectivity index (χ0n) is 15.4. The Kier molecular flexibility index (Phi) is 12.9. The molecule has 138 valence electrons. The SMILES string of the molecule is C=C(C)C(=O)OCCOCCOC(=O)C(=C)CC(CC)CCCC. The van der Waals surface area contributed by atoms with Crippen molar-refractivity contribution in [2.75, 3.05) is 26.4 Å². The summed E-state index contributed by atoms with van der Waals surface area (Å²) in [6.07, 6.45) is 5.17. The summed E-state index contributed by atoms with van der Waals surface area (Å²) in [6, 6.07) is 0. The molecule has 0 spiro atoms. The van der Waals surface area contributed by atoms with E-state index in [2.05, 4.69) is 27.0 Å². The van der Waals surface area contributed by atoms with E-state index in [0.29, 0.717) is 23.5 Å². The average Bonchev–Trinajstić information content (AvgIpc) is 2.56. The minimum Gasteiger partial charge on any atom is -0.460 e. The summed E-state index contributed by atoms with van der Waals surface area (Å²) >= 11 is 0. The van der Waals surface area contributed by atoms with E-state index in [1.54, 1.807) is 6.92 Å². The Hall–Kier alpha value is -1.62. The van der Waals surface area contributed by atoms with Gasteiger partial charge in [0.05, 0.1) is 13.2 Å². The van der Waals surface area contributed by atoms with Crippen LogP contribution in [0.15, 0.2) is 24.3 Å². The molecule has 0 saturated heterocycles. The van der Waals surface area contributed by atoms with Crippen LogP contribution in [0.4, 0.5) is 0 Å². The molecule has 0 N–H and O–H groups in total. The van der Waals surface area contributed by atoms with Crippen LogP contribution in [0.25, 0.3) is 0 Å². The fourth-order valence-corrected chi connectivity index (χ4v) is 2.09. The summed E-state index contributed by atoms with van der Waals surface area (Å²) in [5, 5.41) is 0. The molecule has 1 atom stereocenters. The maximum absolute atomic E-state index is 11.9. The second-order valence-corrected chi connectivity index (χ2v) is 5.89. The number of hydrogen-bond donors (Lipinski definition) is 0. The Morgan fingerprint density at radius 3 is 2.04 bits per heavy atom. The molecule has 0 aliphatic carbocycles. The lowest BCUT2D eigenvalue weighted by molar-refractivity contribution is -0.142. The molecule has 1 unspecified atom stereocenters. The Bertz CT molecular complexity index is 414. The van der Waals surface area contributed by atoms with E-state index >= 15 is 0 Å². The second-order valence-electron chi connectivity index (χ2n) is 5.89. The molecule has 0 rings (SSSR count). The minimum atomic E-state index is -0.435. The summed E-state index contributed by atoms with van der Waals surface area (Å²) in [5.74, 6) is -0.304. The van der Waals surface area contributed by atoms with Crippen LogP contribution < -0.4 is 0 Å². The highest BCUT2D eigenvalue weighted by molar-refractivity contribution is 5.87. The van der Waals surface area contributed by atoms with Gasteiger partial charge in [-0.25, -0.2) is 9.59 Å². The number of carbonyl (C=O) groups is 2. The summed E-state index contributed by atoms with van der Waals surface area (Å²) in [5.41, 5.74) is 0.875. The first-order valence-electron chi connectivity index (χ1n) is 8.67. The third kappa shape index (κ3) is 11.0. The molecule has 5 nitrogen and oxygen atoms in total. The van der Waals surface area contributed by atoms with Crippen molar-refractivity contribution in [1.29, 1.82) is 0 Å². The number of ether oxygens (including phenoxy) is 3. The Balaban J connectivity index is 3.75. The van der Waals surface area contributed by atoms with Crippen LogP contribution >= 0.6 is 0 Å². The number of carbonyl (C=O) groups excluding carboxylic acids is 2. The third-order valence-corrected chi connectivity index (χ3v) is 3.64. The smallest absolute Gasteiger partial charge is 0.333 e. The van der Waals surface area contributed by atoms with E-state index in [1.165, 1.54) is 6.42 Å². The minimum absolute atomic E-state index is 0.155. The van der Waals surface area contributed by atoms with Crippen LogP contribution in [0.2, 0.25) is 0 Å². The van der Waals surface area contributed by atoms with Gasteiger partial charge in [0.1, 0.15) is 13.2 Å². The first-order valence-corrected chi connectivity index (χ1v) is 8.67. The molecule has 0 fully saturated rings. The van der Waals surface area contributed by atoms with Crippen molar-refractivity contribution >= 4 is 11.9 Å². The number of hydrogen-bond acceptors (Lipinski definition) is 5. The predicted octanol–water partition coefficient (Wildman–Crippen LogP) is 3.83. The quantitative estimate of drug-likeness (QED) is 0.273. The van der Waals surface area contributed by atoms with Gasteiger partial charge in [0, 0.05) is 11.1 Å². The molecular weight excluding hydrogens is 308 g/mol. The fraction of sp³-hybridized carbons (Fsp3) is 0.684. The van der Waals surface area contributed by atoms with Crippen LogP contribution in [0.1, 0.15) is 52.9 Å². The topological polar surface area (TPSA) is 61.8 Å². The van der Waals surface area contributed by atoms with E-state index in [1.807, 2.05) is 0 Å². The highest BCUT2D eigenvalue weighted by Crippen LogP contribution is 2.21. The molecule has 0 amide bonds. The lowest BCUT2D eigenvalue weighted by Crippen LogP contribution is -2.16. The summed E-state index contributed by atoms with van der Waals surface area (Å²) in [6.45, 7) is 14.0. The molecule has 24 heavy (non-hydrogen) atoms. The van der Waals surface area contributed by atoms with Gasteiger partial charge < -0.3 is 14.2 Å². The lowest BCUT2D eigenvalue weighted by atomic mass is 9.92. The summed E-state index contributed by atoms with van der Waals surface area (Å²) in [4.78, 5) is 23.0. The first kappa shape index (κ1) is 22.4. The van der Waals surface area contributed by atoms with E-state index in [-0.39, 0.29) is 32.4 Å². The molecule has 0 radical (unpaired) electrons. The molecule has 0 heterocycles. The lowest BCUT2D eigenvalue weighted by Gasteiger charge is -2.15. The van der Waals surface area contributed by atoms with Gasteiger partial charge in [0.2, 0.25) is 0 Å². The van der Waals surface area contributed by atoms with Gasteiger partial charge in [-0.1, -0.05) is 52.7 Å². The maximum Gasteiger partial charge on any atom is 0.333 e. The molecule has 0 bridgehead atoms. The molecule has 0 aromatic heterocycles. The van der Waals surface area contributed by atoms with Crippen LogP contribution in [-0.4, -0.2) is 38.4 Å². The van der Waals surface area contributed by atoms with Gasteiger partial charge in [-0.05, 0) is 19.3 Å². The van der Waals surface area contributed by atoms with E-state index < -0.39 is 5.97 Å². The van der Waals surface area contributed by atoms with E-state index in [9.17, 15) is 9.59 Å². The highest BCUT2D eigenvalue weighted by Gasteiger charge is 2.14. The molecule has 0 saturated carbocycles. The predicted molar refractivity (Wildman–Crippen MR) is 94.6 cm³/mol. The Labute approximate surface area is 146 Å². The number of unbranched alkanes of at least 4 members (excludes halogenated alkanes) is 1. The molecule has 0 aliphatic rings. The normalized spacial score (nSPS) is 11.6. The van der Waals surface area contributed by atoms with Gasteiger partial charge >= 0.3 is 11.9 Å². The molecule has 0 aliphatic heterocycles. The second kappa shape index (κ2) is 13.8. The Morgan fingerprint density at radius 1 is 0.958 bits per heavy atom. The van der Waals surface area contributed by atoms with Crippen molar-refractivity contribution in [1.82, 2.24) is 0 Å². The zero-order chi connectivity index (χ0) is 18.4. The molecule has 0 aromatic carbocycles. The van der Waals surface area contributed by atoms with Gasteiger partial charge in [0.25, 0.3) is 0 Å². The van der Waals surface area contributed by atoms with E-state index in [0.717, 1.165) is 19.3 Å². The fourth-order valence-electron chi connectivity index (χ4n) is 2.09. The van der Waals surface area contributed by atoms with Crippen molar-refractivity contribution < 1.29 is 23.8 Å². The van der Waals surface area contributed by atoms with Crippen LogP contribution in [0.3, 0.4) is 0 Å². The maximum atomic E-state index is 11.9. The summed E-state index contributed by atoms with van der Waals surface area (Å²) in [7, 11) is 0. The standard InChI is InChI=1S/C19H32O5/c1-6-8-9-17(7-2)14-16(5)19(21)24-13-11-22-10-12-23-18(20)15(3)4/h17H,3,5-14H2,1-2,4H3. The van der Waals surface area contributed by atoms with Crippen molar-refractivity contribution in [3.8, 4) is 0 Å². The molecule has 5 heteroatoms. The largest absolute Gasteiger partial charge is 0.460 e. The summed E-state index contributed by atoms with van der Waals surface area (Å²) < 4.78 is 15.2. The first-order chi connectivity index (χ1) is 11.4. The number of rotatable bonds is 14. The van der Waals surface area contributed by atoms with Crippen LogP contribution in [-0.2, 0) is 23.8 Å². The van der Waals surface area contributed by atoms with Gasteiger partial charge in [0.15, 0.2) is 0 Å². The van der Waals surface area contributed by atoms with Crippen LogP contribution in [0.5, 0.6) is 0 Å². The van der Waals surface area contributed by atoms with Crippen molar-refractivity contribution in [3.05, 3.63) is 24.3 Å². The van der Waals surface area contributed by atoms with Crippen molar-refractivity contribution in [3.63, 3.8) is 0 Å². The molecule has 0 aromatic rings. The van der Waals surface area contributed by atoms with Gasteiger partial charge in [-0.3, -0.25) is 0 Å². The van der Waals surface area contributed by atoms with Crippen LogP contribution in [0, 0.1) is 5.92 Å². The van der Waals surface area contributed by atoms with Gasteiger partial charge in [-0.15, -0.1) is 0 Å². The third-order valence-electron chi connectivity index (χ3n) is 3.64. The highest BCUT2D eigenvalue weighted by atomic mass is 16.6. The van der Waals surface area contributed by atoms with Crippen molar-refractivity contribution in [2.45, 2.75) is 52.9 Å². The molecular formula is C19H32O5. The zero-order valence-corrected chi connectivity index (χ0v) is 15.4. The number of esters is 2. The monoisotopic (exact) mass is 340 g/mol. The van der Waals surface area contributed by atoms with E-state index in [4.69, 9.17) is 14.2 Å². The average molecular weight is 340 g/mol. The van der Waals surface area contributed by atoms with Gasteiger partial charge in [-0.2, -0.15) is 0 Å². The van der Waals surface area contributed by atoms with Crippen molar-refractivity contribution in [2.24, 2.45) is 5.92 Å². The Morgan fingerprint density at radius 2 is 1.54 bits per heavy atom.